The highest BCUT2D eigenvalue weighted by molar-refractivity contribution is 5.99. The summed E-state index contributed by atoms with van der Waals surface area (Å²) in [4.78, 5) is 13.4. The van der Waals surface area contributed by atoms with Gasteiger partial charge in [-0.3, -0.25) is 4.79 Å². The summed E-state index contributed by atoms with van der Waals surface area (Å²) in [6.45, 7) is 7.62. The predicted octanol–water partition coefficient (Wildman–Crippen LogP) is 2.11. The van der Waals surface area contributed by atoms with Gasteiger partial charge in [0, 0.05) is 30.4 Å². The van der Waals surface area contributed by atoms with Crippen molar-refractivity contribution in [3.63, 3.8) is 0 Å². The quantitative estimate of drug-likeness (QED) is 0.644. The maximum absolute atomic E-state index is 11.6. The van der Waals surface area contributed by atoms with Crippen LogP contribution in [0.1, 0.15) is 13.8 Å². The molecule has 0 amide bonds. The van der Waals surface area contributed by atoms with Crippen LogP contribution in [0.25, 0.3) is 0 Å². The molecule has 1 heterocycles. The van der Waals surface area contributed by atoms with Gasteiger partial charge < -0.3 is 4.90 Å². The average Bonchev–Trinajstić information content (AvgIpc) is 2.08. The Morgan fingerprint density at radius 3 is 2.54 bits per heavy atom. The topological polar surface area (TPSA) is 20.3 Å². The van der Waals surface area contributed by atoms with Crippen LogP contribution in [-0.2, 0) is 4.79 Å². The molecule has 1 aliphatic rings. The molecule has 0 spiro atoms. The lowest BCUT2D eigenvalue weighted by molar-refractivity contribution is -0.118. The largest absolute Gasteiger partial charge is 0.351 e. The van der Waals surface area contributed by atoms with Gasteiger partial charge in [-0.2, -0.15) is 0 Å². The van der Waals surface area contributed by atoms with E-state index in [4.69, 9.17) is 0 Å². The van der Waals surface area contributed by atoms with Crippen molar-refractivity contribution in [3.05, 3.63) is 36.2 Å². The molecule has 0 saturated heterocycles. The van der Waals surface area contributed by atoms with Gasteiger partial charge in [0.1, 0.15) is 0 Å². The maximum atomic E-state index is 11.6. The first-order chi connectivity index (χ1) is 6.02. The first-order valence-corrected chi connectivity index (χ1v) is 4.38. The lowest BCUT2D eigenvalue weighted by Crippen LogP contribution is -2.17. The Bertz CT molecular complexity index is 297. The van der Waals surface area contributed by atoms with Crippen LogP contribution in [0, 0.1) is 5.92 Å². The van der Waals surface area contributed by atoms with Gasteiger partial charge in [-0.25, -0.2) is 0 Å². The van der Waals surface area contributed by atoms with Crippen LogP contribution in [0.5, 0.6) is 0 Å². The maximum Gasteiger partial charge on any atom is 0.166 e. The second kappa shape index (κ2) is 3.60. The summed E-state index contributed by atoms with van der Waals surface area (Å²) in [5.74, 6) is 0.228. The van der Waals surface area contributed by atoms with Crippen molar-refractivity contribution < 1.29 is 4.79 Å². The van der Waals surface area contributed by atoms with Crippen molar-refractivity contribution in [2.24, 2.45) is 5.92 Å². The third-order valence-corrected chi connectivity index (χ3v) is 2.05. The van der Waals surface area contributed by atoms with Gasteiger partial charge >= 0.3 is 0 Å². The second-order valence-corrected chi connectivity index (χ2v) is 3.54. The fraction of sp³-hybridized carbons (Fsp3) is 0.364. The molecule has 0 aliphatic carbocycles. The zero-order valence-electron chi connectivity index (χ0n) is 8.37. The molecule has 0 aromatic carbocycles. The van der Waals surface area contributed by atoms with Crippen LogP contribution in [-0.4, -0.2) is 17.7 Å². The van der Waals surface area contributed by atoms with Crippen molar-refractivity contribution in [2.45, 2.75) is 13.8 Å². The number of hydrogen-bond acceptors (Lipinski definition) is 2. The normalized spacial score (nSPS) is 16.5. The number of rotatable bonds is 2. The molecule has 0 radical (unpaired) electrons. The average molecular weight is 177 g/mol. The Balaban J connectivity index is 2.85. The highest BCUT2D eigenvalue weighted by Crippen LogP contribution is 2.16. The number of allylic oxidation sites excluding steroid dienone is 3. The summed E-state index contributed by atoms with van der Waals surface area (Å²) in [5.41, 5.74) is 1.66. The molecule has 13 heavy (non-hydrogen) atoms. The van der Waals surface area contributed by atoms with E-state index in [2.05, 4.69) is 6.58 Å². The summed E-state index contributed by atoms with van der Waals surface area (Å²) < 4.78 is 0. The Hall–Kier alpha value is -1.31. The van der Waals surface area contributed by atoms with E-state index in [9.17, 15) is 4.79 Å². The third kappa shape index (κ3) is 2.08. The number of nitrogens with zero attached hydrogens (tertiary/aromatic N) is 1. The van der Waals surface area contributed by atoms with Crippen molar-refractivity contribution in [2.75, 3.05) is 7.05 Å². The Morgan fingerprint density at radius 1 is 1.46 bits per heavy atom. The zero-order chi connectivity index (χ0) is 10.0. The standard InChI is InChI=1S/C11H15NO/c1-8(2)11(13)10-6-5-9(3)12(4)7-10/h5-8H,3H2,1-2,4H3. The predicted molar refractivity (Wildman–Crippen MR) is 54.0 cm³/mol. The Kier molecular flexibility index (Phi) is 2.71. The van der Waals surface area contributed by atoms with E-state index in [1.54, 1.807) is 0 Å². The lowest BCUT2D eigenvalue weighted by Gasteiger charge is -2.20. The molecule has 0 bridgehead atoms. The van der Waals surface area contributed by atoms with Crippen molar-refractivity contribution in [1.29, 1.82) is 0 Å². The smallest absolute Gasteiger partial charge is 0.166 e. The van der Waals surface area contributed by atoms with Crippen molar-refractivity contribution in [3.8, 4) is 0 Å². The number of carbonyl (C=O) groups excluding carboxylic acids is 1. The van der Waals surface area contributed by atoms with Gasteiger partial charge in [0.15, 0.2) is 5.78 Å². The van der Waals surface area contributed by atoms with E-state index in [-0.39, 0.29) is 11.7 Å². The van der Waals surface area contributed by atoms with Gasteiger partial charge in [-0.1, -0.05) is 20.4 Å². The van der Waals surface area contributed by atoms with Gasteiger partial charge in [0.25, 0.3) is 0 Å². The molecule has 2 heteroatoms. The van der Waals surface area contributed by atoms with Crippen LogP contribution in [0.2, 0.25) is 0 Å². The molecule has 2 nitrogen and oxygen atoms in total. The molecule has 1 aliphatic heterocycles. The van der Waals surface area contributed by atoms with E-state index in [1.807, 2.05) is 44.1 Å². The number of carbonyl (C=O) groups is 1. The van der Waals surface area contributed by atoms with E-state index in [0.717, 1.165) is 11.3 Å². The van der Waals surface area contributed by atoms with Gasteiger partial charge in [0.05, 0.1) is 0 Å². The van der Waals surface area contributed by atoms with E-state index in [0.29, 0.717) is 0 Å². The van der Waals surface area contributed by atoms with Crippen LogP contribution < -0.4 is 0 Å². The van der Waals surface area contributed by atoms with Gasteiger partial charge in [-0.05, 0) is 12.2 Å². The molecular weight excluding hydrogens is 162 g/mol. The van der Waals surface area contributed by atoms with Gasteiger partial charge in [-0.15, -0.1) is 0 Å². The highest BCUT2D eigenvalue weighted by Gasteiger charge is 2.14. The van der Waals surface area contributed by atoms with Crippen molar-refractivity contribution in [1.82, 2.24) is 4.90 Å². The molecule has 1 rings (SSSR count). The minimum atomic E-state index is 0.0515. The summed E-state index contributed by atoms with van der Waals surface area (Å²) in [6.07, 6.45) is 5.50. The lowest BCUT2D eigenvalue weighted by atomic mass is 10.00. The third-order valence-electron chi connectivity index (χ3n) is 2.05. The summed E-state index contributed by atoms with van der Waals surface area (Å²) in [6, 6.07) is 0. The zero-order valence-corrected chi connectivity index (χ0v) is 8.37. The monoisotopic (exact) mass is 177 g/mol. The summed E-state index contributed by atoms with van der Waals surface area (Å²) >= 11 is 0. The van der Waals surface area contributed by atoms with Crippen molar-refractivity contribution >= 4 is 5.78 Å². The molecular formula is C11H15NO. The molecule has 0 unspecified atom stereocenters. The molecule has 0 aromatic rings. The Labute approximate surface area is 79.2 Å². The molecule has 0 aromatic heterocycles. The van der Waals surface area contributed by atoms with E-state index >= 15 is 0 Å². The first-order valence-electron chi connectivity index (χ1n) is 4.38. The second-order valence-electron chi connectivity index (χ2n) is 3.54. The number of ketones is 1. The minimum absolute atomic E-state index is 0.0515. The molecule has 70 valence electrons. The summed E-state index contributed by atoms with van der Waals surface area (Å²) in [5, 5.41) is 0. The van der Waals surface area contributed by atoms with E-state index in [1.165, 1.54) is 0 Å². The van der Waals surface area contributed by atoms with E-state index < -0.39 is 0 Å². The molecule has 0 fully saturated rings. The fourth-order valence-electron chi connectivity index (χ4n) is 1.12. The first kappa shape index (κ1) is 9.78. The van der Waals surface area contributed by atoms with Gasteiger partial charge in [0.2, 0.25) is 0 Å². The van der Waals surface area contributed by atoms with Crippen LogP contribution >= 0.6 is 0 Å². The Morgan fingerprint density at radius 2 is 2.08 bits per heavy atom. The van der Waals surface area contributed by atoms with Crippen LogP contribution in [0.4, 0.5) is 0 Å². The fourth-order valence-corrected chi connectivity index (χ4v) is 1.12. The molecule has 0 saturated carbocycles. The molecule has 0 N–H and O–H groups in total. The summed E-state index contributed by atoms with van der Waals surface area (Å²) in [7, 11) is 1.89. The number of likely N-dealkylation sites (N-methyl/N-ethyl adjacent to an activating group) is 1. The van der Waals surface area contributed by atoms with Crippen LogP contribution in [0.3, 0.4) is 0 Å². The molecule has 0 atom stereocenters. The number of hydrogen-bond donors (Lipinski definition) is 0. The van der Waals surface area contributed by atoms with Crippen LogP contribution in [0.15, 0.2) is 36.2 Å². The minimum Gasteiger partial charge on any atom is -0.351 e. The number of Topliss-reactive ketones (excluding diaryl/α,β-unsaturated/α-hetero) is 1. The SMILES string of the molecule is C=C1C=CC(C(=O)C(C)C)=CN1C. The highest BCUT2D eigenvalue weighted by atomic mass is 16.1.